The van der Waals surface area contributed by atoms with Gasteiger partial charge in [-0.05, 0) is 19.9 Å². The second kappa shape index (κ2) is 6.15. The Bertz CT molecular complexity index is 423. The monoisotopic (exact) mass is 254 g/mol. The summed E-state index contributed by atoms with van der Waals surface area (Å²) < 4.78 is 0. The number of nitrogens with one attached hydrogen (secondary N) is 1. The van der Waals surface area contributed by atoms with E-state index < -0.39 is 4.92 Å². The van der Waals surface area contributed by atoms with Gasteiger partial charge in [-0.15, -0.1) is 0 Å². The molecule has 7 heteroatoms. The normalized spacial score (nSPS) is 10.5. The van der Waals surface area contributed by atoms with Crippen molar-refractivity contribution in [3.05, 3.63) is 22.2 Å². The van der Waals surface area contributed by atoms with Crippen molar-refractivity contribution in [1.29, 1.82) is 0 Å². The predicted molar refractivity (Wildman–Crippen MR) is 70.0 cm³/mol. The molecule has 0 bridgehead atoms. The lowest BCUT2D eigenvalue weighted by Gasteiger charge is -2.26. The number of nitrogens with zero attached hydrogens (tertiary/aromatic N) is 3. The molecule has 0 aromatic carbocycles. The second-order valence-corrected chi connectivity index (χ2v) is 4.06. The fourth-order valence-electron chi connectivity index (χ4n) is 1.65. The van der Waals surface area contributed by atoms with E-state index in [0.29, 0.717) is 12.4 Å². The Morgan fingerprint density at radius 1 is 1.56 bits per heavy atom. The Hall–Kier alpha value is -1.89. The number of hydrogen-bond donors (Lipinski definition) is 2. The summed E-state index contributed by atoms with van der Waals surface area (Å²) in [5, 5.41) is 22.9. The largest absolute Gasteiger partial charge is 0.395 e. The molecule has 1 aromatic rings. The van der Waals surface area contributed by atoms with Gasteiger partial charge >= 0.3 is 5.69 Å². The molecule has 0 saturated heterocycles. The molecule has 100 valence electrons. The molecule has 0 fully saturated rings. The Labute approximate surface area is 106 Å². The molecule has 0 unspecified atom stereocenters. The standard InChI is InChI=1S/C11H18N4O3/c1-8(2)14(6-7-16)11-9(15(17)18)4-5-10(12-3)13-11/h4-5,8,16H,6-7H2,1-3H3,(H,12,13). The van der Waals surface area contributed by atoms with E-state index in [0.717, 1.165) is 0 Å². The molecule has 0 atom stereocenters. The first-order valence-corrected chi connectivity index (χ1v) is 5.72. The first-order chi connectivity index (χ1) is 8.51. The van der Waals surface area contributed by atoms with E-state index in [1.54, 1.807) is 18.0 Å². The highest BCUT2D eigenvalue weighted by atomic mass is 16.6. The molecule has 0 aliphatic carbocycles. The fraction of sp³-hybridized carbons (Fsp3) is 0.545. The van der Waals surface area contributed by atoms with Crippen molar-refractivity contribution in [2.45, 2.75) is 19.9 Å². The summed E-state index contributed by atoms with van der Waals surface area (Å²) in [5.41, 5.74) is -0.0591. The van der Waals surface area contributed by atoms with Crippen LogP contribution < -0.4 is 10.2 Å². The number of aliphatic hydroxyl groups is 1. The summed E-state index contributed by atoms with van der Waals surface area (Å²) in [6.07, 6.45) is 0. The summed E-state index contributed by atoms with van der Waals surface area (Å²) in [7, 11) is 1.70. The van der Waals surface area contributed by atoms with E-state index in [4.69, 9.17) is 5.11 Å². The van der Waals surface area contributed by atoms with Gasteiger partial charge in [-0.25, -0.2) is 4.98 Å². The molecule has 18 heavy (non-hydrogen) atoms. The molecular formula is C11H18N4O3. The van der Waals surface area contributed by atoms with E-state index in [-0.39, 0.29) is 24.2 Å². The molecule has 0 saturated carbocycles. The first-order valence-electron chi connectivity index (χ1n) is 5.72. The van der Waals surface area contributed by atoms with E-state index in [2.05, 4.69) is 10.3 Å². The van der Waals surface area contributed by atoms with Crippen molar-refractivity contribution < 1.29 is 10.0 Å². The minimum Gasteiger partial charge on any atom is -0.395 e. The summed E-state index contributed by atoms with van der Waals surface area (Å²) in [4.78, 5) is 16.5. The van der Waals surface area contributed by atoms with Crippen molar-refractivity contribution in [2.75, 3.05) is 30.4 Å². The van der Waals surface area contributed by atoms with Crippen LogP contribution in [0.25, 0.3) is 0 Å². The molecule has 0 radical (unpaired) electrons. The van der Waals surface area contributed by atoms with Gasteiger partial charge in [0.1, 0.15) is 5.82 Å². The van der Waals surface area contributed by atoms with Gasteiger partial charge in [-0.1, -0.05) is 0 Å². The van der Waals surface area contributed by atoms with Crippen LogP contribution in [-0.2, 0) is 0 Å². The van der Waals surface area contributed by atoms with Gasteiger partial charge in [0.15, 0.2) is 0 Å². The lowest BCUT2D eigenvalue weighted by atomic mass is 10.2. The summed E-state index contributed by atoms with van der Waals surface area (Å²) in [5.74, 6) is 0.829. The van der Waals surface area contributed by atoms with Crippen LogP contribution in [-0.4, -0.2) is 41.3 Å². The zero-order chi connectivity index (χ0) is 13.7. The quantitative estimate of drug-likeness (QED) is 0.586. The van der Waals surface area contributed by atoms with Crippen LogP contribution in [0.1, 0.15) is 13.8 Å². The smallest absolute Gasteiger partial charge is 0.311 e. The maximum atomic E-state index is 11.0. The molecule has 2 N–H and O–H groups in total. The number of pyridine rings is 1. The number of hydrogen-bond acceptors (Lipinski definition) is 6. The zero-order valence-corrected chi connectivity index (χ0v) is 10.8. The van der Waals surface area contributed by atoms with Crippen molar-refractivity contribution in [3.63, 3.8) is 0 Å². The van der Waals surface area contributed by atoms with Crippen molar-refractivity contribution in [2.24, 2.45) is 0 Å². The zero-order valence-electron chi connectivity index (χ0n) is 10.8. The van der Waals surface area contributed by atoms with Crippen molar-refractivity contribution >= 4 is 17.3 Å². The van der Waals surface area contributed by atoms with Crippen LogP contribution in [0.4, 0.5) is 17.3 Å². The predicted octanol–water partition coefficient (Wildman–Crippen LogP) is 1.24. The Kier molecular flexibility index (Phi) is 4.85. The van der Waals surface area contributed by atoms with Crippen LogP contribution in [0.3, 0.4) is 0 Å². The van der Waals surface area contributed by atoms with E-state index in [9.17, 15) is 10.1 Å². The summed E-state index contributed by atoms with van der Waals surface area (Å²) in [6.45, 7) is 4.01. The molecule has 1 aromatic heterocycles. The average molecular weight is 254 g/mol. The molecule has 0 spiro atoms. The van der Waals surface area contributed by atoms with Gasteiger partial charge < -0.3 is 15.3 Å². The Morgan fingerprint density at radius 3 is 2.67 bits per heavy atom. The lowest BCUT2D eigenvalue weighted by Crippen LogP contribution is -2.34. The van der Waals surface area contributed by atoms with Crippen LogP contribution in [0, 0.1) is 10.1 Å². The number of nitro groups is 1. The molecule has 0 aliphatic heterocycles. The van der Waals surface area contributed by atoms with E-state index in [1.165, 1.54) is 6.07 Å². The van der Waals surface area contributed by atoms with Crippen LogP contribution in [0.5, 0.6) is 0 Å². The number of aromatic nitrogens is 1. The SMILES string of the molecule is CNc1ccc([N+](=O)[O-])c(N(CCO)C(C)C)n1. The van der Waals surface area contributed by atoms with Crippen LogP contribution >= 0.6 is 0 Å². The van der Waals surface area contributed by atoms with Crippen LogP contribution in [0.2, 0.25) is 0 Å². The minimum atomic E-state index is -0.464. The number of rotatable bonds is 6. The Balaban J connectivity index is 3.27. The molecule has 1 heterocycles. The minimum absolute atomic E-state index is 0.00968. The van der Waals surface area contributed by atoms with Gasteiger partial charge in [0.25, 0.3) is 0 Å². The highest BCUT2D eigenvalue weighted by Gasteiger charge is 2.23. The molecule has 0 aliphatic rings. The van der Waals surface area contributed by atoms with Gasteiger partial charge in [-0.2, -0.15) is 0 Å². The van der Waals surface area contributed by atoms with Crippen molar-refractivity contribution in [1.82, 2.24) is 4.98 Å². The third-order valence-electron chi connectivity index (χ3n) is 2.54. The first kappa shape index (κ1) is 14.2. The van der Waals surface area contributed by atoms with E-state index in [1.807, 2.05) is 13.8 Å². The molecular weight excluding hydrogens is 236 g/mol. The summed E-state index contributed by atoms with van der Waals surface area (Å²) in [6, 6.07) is 2.98. The highest BCUT2D eigenvalue weighted by Crippen LogP contribution is 2.28. The lowest BCUT2D eigenvalue weighted by molar-refractivity contribution is -0.384. The van der Waals surface area contributed by atoms with E-state index >= 15 is 0 Å². The Morgan fingerprint density at radius 2 is 2.22 bits per heavy atom. The summed E-state index contributed by atoms with van der Waals surface area (Å²) >= 11 is 0. The number of anilines is 2. The third-order valence-corrected chi connectivity index (χ3v) is 2.54. The van der Waals surface area contributed by atoms with Crippen LogP contribution in [0.15, 0.2) is 12.1 Å². The maximum Gasteiger partial charge on any atom is 0.311 e. The maximum absolute atomic E-state index is 11.0. The van der Waals surface area contributed by atoms with Gasteiger partial charge in [-0.3, -0.25) is 10.1 Å². The van der Waals surface area contributed by atoms with Gasteiger partial charge in [0, 0.05) is 25.7 Å². The van der Waals surface area contributed by atoms with Crippen molar-refractivity contribution in [3.8, 4) is 0 Å². The molecule has 0 amide bonds. The van der Waals surface area contributed by atoms with Gasteiger partial charge in [0.05, 0.1) is 11.5 Å². The molecule has 7 nitrogen and oxygen atoms in total. The number of aliphatic hydroxyl groups excluding tert-OH is 1. The molecule has 1 rings (SSSR count). The average Bonchev–Trinajstić information content (AvgIpc) is 2.34. The van der Waals surface area contributed by atoms with Gasteiger partial charge in [0.2, 0.25) is 5.82 Å². The highest BCUT2D eigenvalue weighted by molar-refractivity contribution is 5.62. The fourth-order valence-corrected chi connectivity index (χ4v) is 1.65. The second-order valence-electron chi connectivity index (χ2n) is 4.06. The topological polar surface area (TPSA) is 91.5 Å². The third kappa shape index (κ3) is 3.07.